The van der Waals surface area contributed by atoms with Gasteiger partial charge < -0.3 is 5.32 Å². The van der Waals surface area contributed by atoms with Crippen LogP contribution in [0.5, 0.6) is 0 Å². The summed E-state index contributed by atoms with van der Waals surface area (Å²) in [5.74, 6) is 0.688. The molecule has 1 rings (SSSR count). The van der Waals surface area contributed by atoms with Crippen molar-refractivity contribution in [3.05, 3.63) is 17.8 Å². The fourth-order valence-electron chi connectivity index (χ4n) is 1.16. The predicted molar refractivity (Wildman–Crippen MR) is 59.4 cm³/mol. The molecule has 0 atom stereocenters. The smallest absolute Gasteiger partial charge is 0.244 e. The molecule has 1 heterocycles. The van der Waals surface area contributed by atoms with Gasteiger partial charge in [0, 0.05) is 27.3 Å². The molecule has 0 aliphatic rings. The van der Waals surface area contributed by atoms with Gasteiger partial charge in [-0.1, -0.05) is 0 Å². The SMILES string of the molecule is CNc1ncc(S(=O)(=O)N(C)C)cc1C. The van der Waals surface area contributed by atoms with E-state index in [-0.39, 0.29) is 4.90 Å². The Labute approximate surface area is 90.2 Å². The third-order valence-corrected chi connectivity index (χ3v) is 3.85. The number of rotatable bonds is 3. The number of pyridine rings is 1. The van der Waals surface area contributed by atoms with Crippen LogP contribution in [-0.4, -0.2) is 38.9 Å². The van der Waals surface area contributed by atoms with E-state index in [9.17, 15) is 8.42 Å². The number of aryl methyl sites for hydroxylation is 1. The molecule has 0 aromatic carbocycles. The molecule has 0 spiro atoms. The summed E-state index contributed by atoms with van der Waals surface area (Å²) in [6.07, 6.45) is 1.36. The van der Waals surface area contributed by atoms with Gasteiger partial charge in [0.05, 0.1) is 0 Å². The third-order valence-electron chi connectivity index (χ3n) is 2.07. The number of anilines is 1. The normalized spacial score (nSPS) is 11.8. The summed E-state index contributed by atoms with van der Waals surface area (Å²) in [6, 6.07) is 1.61. The highest BCUT2D eigenvalue weighted by Gasteiger charge is 2.18. The van der Waals surface area contributed by atoms with E-state index in [0.29, 0.717) is 5.82 Å². The summed E-state index contributed by atoms with van der Waals surface area (Å²) in [5, 5.41) is 2.88. The van der Waals surface area contributed by atoms with E-state index in [4.69, 9.17) is 0 Å². The van der Waals surface area contributed by atoms with Crippen LogP contribution in [0, 0.1) is 6.92 Å². The molecule has 0 saturated carbocycles. The predicted octanol–water partition coefficient (Wildman–Crippen LogP) is 0.682. The summed E-state index contributed by atoms with van der Waals surface area (Å²) >= 11 is 0. The Morgan fingerprint density at radius 2 is 2.00 bits per heavy atom. The molecule has 0 amide bonds. The minimum absolute atomic E-state index is 0.212. The average Bonchev–Trinajstić information content (AvgIpc) is 2.17. The summed E-state index contributed by atoms with van der Waals surface area (Å²) in [4.78, 5) is 4.24. The van der Waals surface area contributed by atoms with Crippen molar-refractivity contribution in [2.24, 2.45) is 0 Å². The molecular formula is C9H15N3O2S. The Morgan fingerprint density at radius 3 is 2.40 bits per heavy atom. The first-order valence-corrected chi connectivity index (χ1v) is 5.90. The molecular weight excluding hydrogens is 214 g/mol. The molecule has 15 heavy (non-hydrogen) atoms. The van der Waals surface area contributed by atoms with Crippen LogP contribution in [-0.2, 0) is 10.0 Å². The Kier molecular flexibility index (Phi) is 3.31. The molecule has 0 bridgehead atoms. The van der Waals surface area contributed by atoms with Crippen molar-refractivity contribution in [1.29, 1.82) is 0 Å². The topological polar surface area (TPSA) is 62.3 Å². The number of nitrogens with one attached hydrogen (secondary N) is 1. The first-order valence-electron chi connectivity index (χ1n) is 4.46. The molecule has 0 radical (unpaired) electrons. The molecule has 6 heteroatoms. The van der Waals surface area contributed by atoms with Crippen molar-refractivity contribution in [2.75, 3.05) is 26.5 Å². The summed E-state index contributed by atoms with van der Waals surface area (Å²) in [5.41, 5.74) is 0.806. The first-order chi connectivity index (χ1) is 6.89. The monoisotopic (exact) mass is 229 g/mol. The number of sulfonamides is 1. The second-order valence-corrected chi connectivity index (χ2v) is 5.53. The fraction of sp³-hybridized carbons (Fsp3) is 0.444. The van der Waals surface area contributed by atoms with E-state index in [1.165, 1.54) is 24.6 Å². The van der Waals surface area contributed by atoms with Gasteiger partial charge in [0.1, 0.15) is 10.7 Å². The van der Waals surface area contributed by atoms with Crippen molar-refractivity contribution in [1.82, 2.24) is 9.29 Å². The van der Waals surface area contributed by atoms with E-state index in [1.807, 2.05) is 6.92 Å². The van der Waals surface area contributed by atoms with Crippen LogP contribution < -0.4 is 5.32 Å². The molecule has 0 unspecified atom stereocenters. The van der Waals surface area contributed by atoms with Gasteiger partial charge in [0.15, 0.2) is 0 Å². The van der Waals surface area contributed by atoms with E-state index < -0.39 is 10.0 Å². The number of hydrogen-bond donors (Lipinski definition) is 1. The van der Waals surface area contributed by atoms with Gasteiger partial charge in [-0.25, -0.2) is 17.7 Å². The highest BCUT2D eigenvalue weighted by molar-refractivity contribution is 7.89. The first kappa shape index (κ1) is 11.9. The Hall–Kier alpha value is -1.14. The number of hydrogen-bond acceptors (Lipinski definition) is 4. The van der Waals surface area contributed by atoms with Crippen LogP contribution in [0.25, 0.3) is 0 Å². The van der Waals surface area contributed by atoms with Crippen LogP contribution in [0.3, 0.4) is 0 Å². The van der Waals surface area contributed by atoms with Gasteiger partial charge in [-0.3, -0.25) is 0 Å². The maximum absolute atomic E-state index is 11.7. The second kappa shape index (κ2) is 4.16. The lowest BCUT2D eigenvalue weighted by Gasteiger charge is -2.12. The lowest BCUT2D eigenvalue weighted by atomic mass is 10.3. The highest BCUT2D eigenvalue weighted by Crippen LogP contribution is 2.17. The molecule has 0 aliphatic heterocycles. The second-order valence-electron chi connectivity index (χ2n) is 3.37. The minimum Gasteiger partial charge on any atom is -0.373 e. The largest absolute Gasteiger partial charge is 0.373 e. The Balaban J connectivity index is 3.25. The van der Waals surface area contributed by atoms with Crippen molar-refractivity contribution < 1.29 is 8.42 Å². The zero-order valence-corrected chi connectivity index (χ0v) is 10.1. The zero-order chi connectivity index (χ0) is 11.6. The molecule has 1 N–H and O–H groups in total. The van der Waals surface area contributed by atoms with Gasteiger partial charge in [0.25, 0.3) is 0 Å². The van der Waals surface area contributed by atoms with Gasteiger partial charge in [-0.2, -0.15) is 0 Å². The van der Waals surface area contributed by atoms with Gasteiger partial charge in [-0.15, -0.1) is 0 Å². The van der Waals surface area contributed by atoms with Crippen LogP contribution in [0.15, 0.2) is 17.2 Å². The zero-order valence-electron chi connectivity index (χ0n) is 9.27. The van der Waals surface area contributed by atoms with Crippen LogP contribution in [0.2, 0.25) is 0 Å². The lowest BCUT2D eigenvalue weighted by molar-refractivity contribution is 0.520. The highest BCUT2D eigenvalue weighted by atomic mass is 32.2. The van der Waals surface area contributed by atoms with E-state index in [1.54, 1.807) is 13.1 Å². The van der Waals surface area contributed by atoms with Crippen molar-refractivity contribution >= 4 is 15.8 Å². The number of aromatic nitrogens is 1. The van der Waals surface area contributed by atoms with Gasteiger partial charge in [0.2, 0.25) is 10.0 Å². The standard InChI is InChI=1S/C9H15N3O2S/c1-7-5-8(6-11-9(7)10-2)15(13,14)12(3)4/h5-6H,1-4H3,(H,10,11). The molecule has 0 aliphatic carbocycles. The van der Waals surface area contributed by atoms with Crippen molar-refractivity contribution in [3.63, 3.8) is 0 Å². The summed E-state index contributed by atoms with van der Waals surface area (Å²) < 4.78 is 24.7. The van der Waals surface area contributed by atoms with E-state index >= 15 is 0 Å². The Morgan fingerprint density at radius 1 is 1.40 bits per heavy atom. The Bertz CT molecular complexity index is 454. The summed E-state index contributed by atoms with van der Waals surface area (Å²) in [7, 11) is 1.36. The molecule has 1 aromatic heterocycles. The van der Waals surface area contributed by atoms with Crippen molar-refractivity contribution in [3.8, 4) is 0 Å². The number of nitrogens with zero attached hydrogens (tertiary/aromatic N) is 2. The summed E-state index contributed by atoms with van der Waals surface area (Å²) in [6.45, 7) is 1.81. The van der Waals surface area contributed by atoms with Crippen LogP contribution in [0.1, 0.15) is 5.56 Å². The van der Waals surface area contributed by atoms with Gasteiger partial charge >= 0.3 is 0 Å². The fourth-order valence-corrected chi connectivity index (χ4v) is 2.10. The van der Waals surface area contributed by atoms with Crippen LogP contribution in [0.4, 0.5) is 5.82 Å². The molecule has 5 nitrogen and oxygen atoms in total. The molecule has 0 saturated heterocycles. The maximum atomic E-state index is 11.7. The third kappa shape index (κ3) is 2.27. The van der Waals surface area contributed by atoms with E-state index in [2.05, 4.69) is 10.3 Å². The molecule has 0 fully saturated rings. The molecule has 1 aromatic rings. The maximum Gasteiger partial charge on any atom is 0.244 e. The minimum atomic E-state index is -3.38. The van der Waals surface area contributed by atoms with Crippen LogP contribution >= 0.6 is 0 Å². The van der Waals surface area contributed by atoms with Gasteiger partial charge in [-0.05, 0) is 18.6 Å². The van der Waals surface area contributed by atoms with E-state index in [0.717, 1.165) is 5.56 Å². The quantitative estimate of drug-likeness (QED) is 0.828. The lowest BCUT2D eigenvalue weighted by Crippen LogP contribution is -2.22. The van der Waals surface area contributed by atoms with Crippen molar-refractivity contribution in [2.45, 2.75) is 11.8 Å². The average molecular weight is 229 g/mol. The molecule has 84 valence electrons.